The minimum Gasteiger partial charge on any atom is -0.473 e. The third-order valence-corrected chi connectivity index (χ3v) is 8.99. The molecule has 0 saturated carbocycles. The molecule has 0 bridgehead atoms. The van der Waals surface area contributed by atoms with Gasteiger partial charge in [0, 0.05) is 36.0 Å². The SMILES string of the molecule is CC(C)(C)OC(=O)c1ccc2nc(CN3CCC(c4cccc(OCc5cnc6cnn(CCF)c6c5)n4)CC3)n(C[C@@H]3CCO3)c2c1. The zero-order chi connectivity index (χ0) is 33.3. The first-order valence-electron chi connectivity index (χ1n) is 16.7. The van der Waals surface area contributed by atoms with Crippen molar-refractivity contribution in [1.29, 1.82) is 0 Å². The number of halogens is 1. The first kappa shape index (κ1) is 32.1. The number of ether oxygens (including phenoxy) is 3. The smallest absolute Gasteiger partial charge is 0.338 e. The minimum absolute atomic E-state index is 0.154. The Morgan fingerprint density at radius 3 is 2.60 bits per heavy atom. The van der Waals surface area contributed by atoms with Crippen LogP contribution in [0.2, 0.25) is 0 Å². The molecule has 252 valence electrons. The van der Waals surface area contributed by atoms with Crippen LogP contribution >= 0.6 is 0 Å². The van der Waals surface area contributed by atoms with Gasteiger partial charge in [-0.15, -0.1) is 0 Å². The molecule has 0 N–H and O–H groups in total. The summed E-state index contributed by atoms with van der Waals surface area (Å²) in [5, 5.41) is 4.22. The Labute approximate surface area is 279 Å². The highest BCUT2D eigenvalue weighted by atomic mass is 19.1. The van der Waals surface area contributed by atoms with Crippen molar-refractivity contribution in [1.82, 2.24) is 34.2 Å². The molecule has 48 heavy (non-hydrogen) atoms. The predicted octanol–water partition coefficient (Wildman–Crippen LogP) is 5.85. The second kappa shape index (κ2) is 13.6. The first-order chi connectivity index (χ1) is 23.2. The fraction of sp³-hybridized carbons (Fsp3) is 0.472. The Hall–Kier alpha value is -4.42. The van der Waals surface area contributed by atoms with Crippen molar-refractivity contribution in [2.24, 2.45) is 0 Å². The largest absolute Gasteiger partial charge is 0.473 e. The Morgan fingerprint density at radius 2 is 1.85 bits per heavy atom. The number of imidazole rings is 1. The maximum absolute atomic E-state index is 12.9. The monoisotopic (exact) mass is 655 g/mol. The maximum atomic E-state index is 12.9. The summed E-state index contributed by atoms with van der Waals surface area (Å²) in [7, 11) is 0. The number of aryl methyl sites for hydroxylation is 1. The fourth-order valence-electron chi connectivity index (χ4n) is 6.41. The van der Waals surface area contributed by atoms with Crippen LogP contribution in [0.15, 0.2) is 54.9 Å². The highest BCUT2D eigenvalue weighted by molar-refractivity contribution is 5.94. The third-order valence-electron chi connectivity index (χ3n) is 8.99. The van der Waals surface area contributed by atoms with Gasteiger partial charge in [-0.25, -0.2) is 19.2 Å². The van der Waals surface area contributed by atoms with Crippen LogP contribution in [0.3, 0.4) is 0 Å². The number of fused-ring (bicyclic) bond motifs is 2. The normalized spacial score (nSPS) is 17.5. The number of piperidine rings is 1. The van der Waals surface area contributed by atoms with Gasteiger partial charge < -0.3 is 18.8 Å². The molecule has 0 radical (unpaired) electrons. The number of hydrogen-bond acceptors (Lipinski definition) is 9. The molecule has 12 heteroatoms. The van der Waals surface area contributed by atoms with Crippen molar-refractivity contribution in [2.45, 2.75) is 83.9 Å². The van der Waals surface area contributed by atoms with Crippen LogP contribution in [-0.2, 0) is 35.7 Å². The summed E-state index contributed by atoms with van der Waals surface area (Å²) in [5.41, 5.74) is 5.19. The number of carbonyl (C=O) groups is 1. The summed E-state index contributed by atoms with van der Waals surface area (Å²) in [6, 6.07) is 13.5. The summed E-state index contributed by atoms with van der Waals surface area (Å²) in [4.78, 5) is 29.6. The van der Waals surface area contributed by atoms with Crippen LogP contribution in [0.1, 0.15) is 73.4 Å². The van der Waals surface area contributed by atoms with Crippen molar-refractivity contribution < 1.29 is 23.4 Å². The number of pyridine rings is 2. The molecule has 0 aliphatic carbocycles. The topological polar surface area (TPSA) is 109 Å². The number of alkyl halides is 1. The van der Waals surface area contributed by atoms with Crippen LogP contribution in [0.4, 0.5) is 4.39 Å². The van der Waals surface area contributed by atoms with E-state index in [2.05, 4.69) is 25.6 Å². The second-order valence-electron chi connectivity index (χ2n) is 13.7. The lowest BCUT2D eigenvalue weighted by Gasteiger charge is -2.32. The molecule has 2 aliphatic rings. The molecule has 6 heterocycles. The average Bonchev–Trinajstić information content (AvgIpc) is 3.61. The number of esters is 1. The summed E-state index contributed by atoms with van der Waals surface area (Å²) < 4.78 is 34.3. The van der Waals surface area contributed by atoms with Gasteiger partial charge in [-0.05, 0) is 83.5 Å². The average molecular weight is 656 g/mol. The Bertz CT molecular complexity index is 1900. The van der Waals surface area contributed by atoms with Crippen molar-refractivity contribution in [3.05, 3.63) is 77.5 Å². The Kier molecular flexibility index (Phi) is 9.11. The van der Waals surface area contributed by atoms with E-state index in [4.69, 9.17) is 24.2 Å². The van der Waals surface area contributed by atoms with E-state index >= 15 is 0 Å². The fourth-order valence-corrected chi connectivity index (χ4v) is 6.41. The van der Waals surface area contributed by atoms with E-state index in [1.165, 1.54) is 0 Å². The van der Waals surface area contributed by atoms with Crippen LogP contribution in [0.5, 0.6) is 5.88 Å². The molecule has 0 spiro atoms. The van der Waals surface area contributed by atoms with E-state index in [1.807, 2.05) is 51.1 Å². The molecule has 2 aliphatic heterocycles. The van der Waals surface area contributed by atoms with Crippen LogP contribution in [-0.4, -0.2) is 78.2 Å². The maximum Gasteiger partial charge on any atom is 0.338 e. The van der Waals surface area contributed by atoms with E-state index in [-0.39, 0.29) is 18.6 Å². The lowest BCUT2D eigenvalue weighted by molar-refractivity contribution is -0.0592. The summed E-state index contributed by atoms with van der Waals surface area (Å²) >= 11 is 0. The molecule has 7 rings (SSSR count). The predicted molar refractivity (Wildman–Crippen MR) is 179 cm³/mol. The number of aromatic nitrogens is 6. The van der Waals surface area contributed by atoms with Crippen molar-refractivity contribution in [3.8, 4) is 5.88 Å². The lowest BCUT2D eigenvalue weighted by atomic mass is 9.93. The molecular weight excluding hydrogens is 613 g/mol. The summed E-state index contributed by atoms with van der Waals surface area (Å²) in [5.74, 6) is 1.55. The molecule has 5 aromatic rings. The van der Waals surface area contributed by atoms with Gasteiger partial charge in [0.05, 0.1) is 54.0 Å². The van der Waals surface area contributed by atoms with Crippen molar-refractivity contribution in [3.63, 3.8) is 0 Å². The highest BCUT2D eigenvalue weighted by Crippen LogP contribution is 2.30. The van der Waals surface area contributed by atoms with Gasteiger partial charge in [0.2, 0.25) is 5.88 Å². The van der Waals surface area contributed by atoms with Gasteiger partial charge in [0.1, 0.15) is 30.2 Å². The highest BCUT2D eigenvalue weighted by Gasteiger charge is 2.27. The molecule has 4 aromatic heterocycles. The Morgan fingerprint density at radius 1 is 1.02 bits per heavy atom. The zero-order valence-corrected chi connectivity index (χ0v) is 27.8. The molecule has 1 aromatic carbocycles. The van der Waals surface area contributed by atoms with Crippen molar-refractivity contribution >= 4 is 28.0 Å². The molecule has 0 unspecified atom stereocenters. The van der Waals surface area contributed by atoms with E-state index < -0.39 is 12.3 Å². The molecule has 11 nitrogen and oxygen atoms in total. The van der Waals surface area contributed by atoms with Gasteiger partial charge in [0.25, 0.3) is 0 Å². The lowest BCUT2D eigenvalue weighted by Crippen LogP contribution is -2.35. The molecule has 2 fully saturated rings. The number of carbonyl (C=O) groups excluding carboxylic acids is 1. The molecule has 1 atom stereocenters. The van der Waals surface area contributed by atoms with Crippen LogP contribution in [0.25, 0.3) is 22.1 Å². The number of likely N-dealkylation sites (tertiary alicyclic amines) is 1. The molecular formula is C36H42FN7O4. The van der Waals surface area contributed by atoms with Gasteiger partial charge in [0.15, 0.2) is 0 Å². The quantitative estimate of drug-likeness (QED) is 0.162. The zero-order valence-electron chi connectivity index (χ0n) is 27.8. The minimum atomic E-state index is -0.565. The number of hydrogen-bond donors (Lipinski definition) is 0. The number of benzene rings is 1. The van der Waals surface area contributed by atoms with Crippen LogP contribution < -0.4 is 4.74 Å². The molecule has 0 amide bonds. The summed E-state index contributed by atoms with van der Waals surface area (Å²) in [6.45, 7) is 9.70. The van der Waals surface area contributed by atoms with Gasteiger partial charge >= 0.3 is 5.97 Å². The summed E-state index contributed by atoms with van der Waals surface area (Å²) in [6.07, 6.45) is 6.54. The van der Waals surface area contributed by atoms with Crippen LogP contribution in [0, 0.1) is 0 Å². The molecule has 2 saturated heterocycles. The van der Waals surface area contributed by atoms with Gasteiger partial charge in [-0.1, -0.05) is 6.07 Å². The van der Waals surface area contributed by atoms with E-state index in [1.54, 1.807) is 23.1 Å². The van der Waals surface area contributed by atoms with E-state index in [0.29, 0.717) is 30.5 Å². The second-order valence-corrected chi connectivity index (χ2v) is 13.7. The Balaban J connectivity index is 0.997. The third kappa shape index (κ3) is 7.19. The number of nitrogens with zero attached hydrogens (tertiary/aromatic N) is 7. The van der Waals surface area contributed by atoms with E-state index in [9.17, 15) is 9.18 Å². The standard InChI is InChI=1S/C36H42FN7O4/c1-36(2,3)48-35(45)26-7-8-29-31(18-26)43(21-27-11-16-46-27)33(40-29)22-42-13-9-25(10-14-42)28-5-4-6-34(41-28)47-23-24-17-32-30(38-19-24)20-39-44(32)15-12-37/h4-8,17-20,25,27H,9-16,21-23H2,1-3H3/t27-/m0/s1. The first-order valence-corrected chi connectivity index (χ1v) is 16.7. The van der Waals surface area contributed by atoms with Gasteiger partial charge in [-0.3, -0.25) is 14.6 Å². The van der Waals surface area contributed by atoms with Crippen molar-refractivity contribution in [2.75, 3.05) is 26.4 Å². The van der Waals surface area contributed by atoms with E-state index in [0.717, 1.165) is 84.7 Å². The van der Waals surface area contributed by atoms with Gasteiger partial charge in [-0.2, -0.15) is 5.10 Å². The number of rotatable bonds is 11.